The van der Waals surface area contributed by atoms with Gasteiger partial charge in [0.2, 0.25) is 0 Å². The first-order valence-electron chi connectivity index (χ1n) is 6.75. The number of hydrogen-bond donors (Lipinski definition) is 2. The van der Waals surface area contributed by atoms with E-state index in [0.717, 1.165) is 25.7 Å². The predicted octanol–water partition coefficient (Wildman–Crippen LogP) is 3.36. The lowest BCUT2D eigenvalue weighted by molar-refractivity contribution is -0.102. The van der Waals surface area contributed by atoms with Crippen molar-refractivity contribution < 1.29 is 10.2 Å². The second-order valence-corrected chi connectivity index (χ2v) is 5.71. The lowest BCUT2D eigenvalue weighted by Gasteiger charge is -2.35. The van der Waals surface area contributed by atoms with Crippen molar-refractivity contribution in [3.8, 4) is 0 Å². The molecule has 2 N–H and O–H groups in total. The Labute approximate surface area is 101 Å². The van der Waals surface area contributed by atoms with Crippen molar-refractivity contribution in [3.05, 3.63) is 0 Å². The quantitative estimate of drug-likeness (QED) is 0.671. The highest BCUT2D eigenvalue weighted by atomic mass is 16.3. The summed E-state index contributed by atoms with van der Waals surface area (Å²) < 4.78 is 0. The Morgan fingerprint density at radius 2 is 1.75 bits per heavy atom. The van der Waals surface area contributed by atoms with Crippen molar-refractivity contribution in [1.82, 2.24) is 0 Å². The van der Waals surface area contributed by atoms with Gasteiger partial charge < -0.3 is 10.2 Å². The molecule has 0 aromatic rings. The Morgan fingerprint density at radius 1 is 1.19 bits per heavy atom. The molecule has 0 saturated heterocycles. The van der Waals surface area contributed by atoms with E-state index in [-0.39, 0.29) is 5.92 Å². The molecule has 0 saturated carbocycles. The van der Waals surface area contributed by atoms with E-state index in [4.69, 9.17) is 0 Å². The van der Waals surface area contributed by atoms with Crippen LogP contribution in [0.3, 0.4) is 0 Å². The number of aliphatic hydroxyl groups excluding tert-OH is 1. The molecule has 0 bridgehead atoms. The molecule has 0 aliphatic carbocycles. The van der Waals surface area contributed by atoms with E-state index in [1.54, 1.807) is 6.92 Å². The van der Waals surface area contributed by atoms with Crippen molar-refractivity contribution >= 4 is 0 Å². The third-order valence-electron chi connectivity index (χ3n) is 3.36. The minimum absolute atomic E-state index is 0.230. The molecule has 3 atom stereocenters. The summed E-state index contributed by atoms with van der Waals surface area (Å²) in [6, 6.07) is 0. The number of hydrogen-bond acceptors (Lipinski definition) is 2. The second kappa shape index (κ2) is 7.29. The zero-order valence-corrected chi connectivity index (χ0v) is 11.7. The van der Waals surface area contributed by atoms with Crippen LogP contribution in [0.2, 0.25) is 0 Å². The van der Waals surface area contributed by atoms with Gasteiger partial charge in [-0.05, 0) is 31.6 Å². The maximum absolute atomic E-state index is 10.3. The topological polar surface area (TPSA) is 40.5 Å². The maximum Gasteiger partial charge on any atom is 0.0882 e. The zero-order chi connectivity index (χ0) is 12.8. The lowest BCUT2D eigenvalue weighted by atomic mass is 9.79. The molecule has 0 amide bonds. The summed E-state index contributed by atoms with van der Waals surface area (Å²) in [7, 11) is 0. The summed E-state index contributed by atoms with van der Waals surface area (Å²) in [6.07, 6.45) is 4.31. The normalized spacial score (nSPS) is 19.5. The first-order valence-corrected chi connectivity index (χ1v) is 6.75. The first kappa shape index (κ1) is 15.9. The molecule has 0 aliphatic rings. The third kappa shape index (κ3) is 5.31. The zero-order valence-electron chi connectivity index (χ0n) is 11.7. The van der Waals surface area contributed by atoms with Gasteiger partial charge in [-0.25, -0.2) is 0 Å². The molecule has 3 unspecified atom stereocenters. The van der Waals surface area contributed by atoms with Crippen LogP contribution in [0.4, 0.5) is 0 Å². The van der Waals surface area contributed by atoms with Gasteiger partial charge >= 0.3 is 0 Å². The summed E-state index contributed by atoms with van der Waals surface area (Å²) in [5.74, 6) is 0.641. The SMILES string of the molecule is CCCCC(CC)C(O)C(C)(O)CC(C)C. The standard InChI is InChI=1S/C14H30O2/c1-6-8-9-12(7-2)13(15)14(5,16)10-11(3)4/h11-13,15-16H,6-10H2,1-5H3. The monoisotopic (exact) mass is 230 g/mol. The molecule has 0 fully saturated rings. The Bertz CT molecular complexity index is 176. The van der Waals surface area contributed by atoms with Gasteiger partial charge in [0.25, 0.3) is 0 Å². The Morgan fingerprint density at radius 3 is 2.12 bits per heavy atom. The molecule has 0 aliphatic heterocycles. The van der Waals surface area contributed by atoms with Crippen molar-refractivity contribution in [1.29, 1.82) is 0 Å². The Kier molecular flexibility index (Phi) is 7.25. The van der Waals surface area contributed by atoms with E-state index in [9.17, 15) is 10.2 Å². The Balaban J connectivity index is 4.39. The minimum Gasteiger partial charge on any atom is -0.390 e. The van der Waals surface area contributed by atoms with Crippen molar-refractivity contribution in [2.75, 3.05) is 0 Å². The number of aliphatic hydroxyl groups is 2. The smallest absolute Gasteiger partial charge is 0.0882 e. The van der Waals surface area contributed by atoms with Crippen molar-refractivity contribution in [3.63, 3.8) is 0 Å². The highest BCUT2D eigenvalue weighted by Crippen LogP contribution is 2.29. The van der Waals surface area contributed by atoms with Crippen LogP contribution >= 0.6 is 0 Å². The van der Waals surface area contributed by atoms with E-state index in [1.807, 2.05) is 0 Å². The lowest BCUT2D eigenvalue weighted by Crippen LogP contribution is -2.45. The second-order valence-electron chi connectivity index (χ2n) is 5.71. The van der Waals surface area contributed by atoms with Crippen LogP contribution in [0.1, 0.15) is 66.7 Å². The van der Waals surface area contributed by atoms with Gasteiger partial charge in [0.15, 0.2) is 0 Å². The van der Waals surface area contributed by atoms with Gasteiger partial charge in [-0.2, -0.15) is 0 Å². The largest absolute Gasteiger partial charge is 0.390 e. The van der Waals surface area contributed by atoms with Crippen LogP contribution in [0.15, 0.2) is 0 Å². The van der Waals surface area contributed by atoms with Crippen LogP contribution in [0.25, 0.3) is 0 Å². The molecule has 98 valence electrons. The van der Waals surface area contributed by atoms with Crippen molar-refractivity contribution in [2.24, 2.45) is 11.8 Å². The van der Waals surface area contributed by atoms with Gasteiger partial charge in [-0.1, -0.05) is 47.0 Å². The average Bonchev–Trinajstić information content (AvgIpc) is 2.16. The fraction of sp³-hybridized carbons (Fsp3) is 1.00. The molecule has 2 heteroatoms. The van der Waals surface area contributed by atoms with Crippen LogP contribution < -0.4 is 0 Å². The number of unbranched alkanes of at least 4 members (excludes halogenated alkanes) is 1. The minimum atomic E-state index is -0.942. The van der Waals surface area contributed by atoms with Crippen LogP contribution in [-0.2, 0) is 0 Å². The molecule has 0 rings (SSSR count). The highest BCUT2D eigenvalue weighted by Gasteiger charge is 2.35. The first-order chi connectivity index (χ1) is 7.35. The molecule has 2 nitrogen and oxygen atoms in total. The molecular weight excluding hydrogens is 200 g/mol. The summed E-state index contributed by atoms with van der Waals surface area (Å²) in [4.78, 5) is 0. The van der Waals surface area contributed by atoms with Gasteiger partial charge in [0, 0.05) is 0 Å². The van der Waals surface area contributed by atoms with Gasteiger partial charge in [-0.3, -0.25) is 0 Å². The van der Waals surface area contributed by atoms with E-state index < -0.39 is 11.7 Å². The van der Waals surface area contributed by atoms with Crippen LogP contribution in [0, 0.1) is 11.8 Å². The molecule has 0 radical (unpaired) electrons. The van der Waals surface area contributed by atoms with Crippen molar-refractivity contribution in [2.45, 2.75) is 78.4 Å². The summed E-state index contributed by atoms with van der Waals surface area (Å²) in [6.45, 7) is 10.2. The summed E-state index contributed by atoms with van der Waals surface area (Å²) >= 11 is 0. The van der Waals surface area contributed by atoms with E-state index >= 15 is 0 Å². The molecule has 0 spiro atoms. The van der Waals surface area contributed by atoms with Gasteiger partial charge in [-0.15, -0.1) is 0 Å². The fourth-order valence-electron chi connectivity index (χ4n) is 2.51. The fourth-order valence-corrected chi connectivity index (χ4v) is 2.51. The summed E-state index contributed by atoms with van der Waals surface area (Å²) in [5, 5.41) is 20.6. The maximum atomic E-state index is 10.3. The van der Waals surface area contributed by atoms with E-state index in [1.165, 1.54) is 0 Å². The number of rotatable bonds is 8. The van der Waals surface area contributed by atoms with Crippen LogP contribution in [-0.4, -0.2) is 21.9 Å². The summed E-state index contributed by atoms with van der Waals surface area (Å²) in [5.41, 5.74) is -0.942. The highest BCUT2D eigenvalue weighted by molar-refractivity contribution is 4.87. The molecule has 0 aromatic heterocycles. The molecule has 16 heavy (non-hydrogen) atoms. The van der Waals surface area contributed by atoms with Crippen LogP contribution in [0.5, 0.6) is 0 Å². The average molecular weight is 230 g/mol. The predicted molar refractivity (Wildman–Crippen MR) is 69.4 cm³/mol. The Hall–Kier alpha value is -0.0800. The molecular formula is C14H30O2. The van der Waals surface area contributed by atoms with Gasteiger partial charge in [0.05, 0.1) is 11.7 Å². The van der Waals surface area contributed by atoms with E-state index in [0.29, 0.717) is 12.3 Å². The van der Waals surface area contributed by atoms with Gasteiger partial charge in [0.1, 0.15) is 0 Å². The van der Waals surface area contributed by atoms with E-state index in [2.05, 4.69) is 27.7 Å². The molecule has 0 heterocycles. The third-order valence-corrected chi connectivity index (χ3v) is 3.36. The molecule has 0 aromatic carbocycles.